The summed E-state index contributed by atoms with van der Waals surface area (Å²) in [5.74, 6) is 0.158. The average molecular weight is 343 g/mol. The smallest absolute Gasteiger partial charge is 0.256 e. The Hall–Kier alpha value is -2.05. The van der Waals surface area contributed by atoms with Crippen molar-refractivity contribution in [1.29, 1.82) is 0 Å². The summed E-state index contributed by atoms with van der Waals surface area (Å²) in [6.07, 6.45) is 0.526. The quantitative estimate of drug-likeness (QED) is 0.784. The summed E-state index contributed by atoms with van der Waals surface area (Å²) < 4.78 is 0. The standard InChI is InChI=1S/C18H21N3O2S/c1-3-21-7-6-12-14(9-21)24-18-15(12)17(23)19-16(20-18)11-5-4-10(2)8-13(11)22/h4-5,8,16,20,22H,3,6-7,9H2,1-2H3,(H,19,23). The largest absolute Gasteiger partial charge is 0.508 e. The van der Waals surface area contributed by atoms with Gasteiger partial charge in [0.2, 0.25) is 0 Å². The second kappa shape index (κ2) is 5.79. The number of thiophene rings is 1. The van der Waals surface area contributed by atoms with Crippen molar-refractivity contribution in [2.45, 2.75) is 33.0 Å². The van der Waals surface area contributed by atoms with Gasteiger partial charge in [0.1, 0.15) is 16.9 Å². The monoisotopic (exact) mass is 343 g/mol. The fraction of sp³-hybridized carbons (Fsp3) is 0.389. The molecular weight excluding hydrogens is 322 g/mol. The van der Waals surface area contributed by atoms with E-state index in [2.05, 4.69) is 22.5 Å². The van der Waals surface area contributed by atoms with E-state index in [9.17, 15) is 9.90 Å². The van der Waals surface area contributed by atoms with E-state index in [1.807, 2.05) is 19.1 Å². The topological polar surface area (TPSA) is 64.6 Å². The first-order chi connectivity index (χ1) is 11.6. The molecule has 1 amide bonds. The van der Waals surface area contributed by atoms with Crippen LogP contribution in [0.5, 0.6) is 5.75 Å². The van der Waals surface area contributed by atoms with Crippen LogP contribution in [0.3, 0.4) is 0 Å². The first-order valence-electron chi connectivity index (χ1n) is 8.30. The van der Waals surface area contributed by atoms with Crippen LogP contribution in [0.15, 0.2) is 18.2 Å². The van der Waals surface area contributed by atoms with Gasteiger partial charge in [-0.3, -0.25) is 9.69 Å². The van der Waals surface area contributed by atoms with Crippen molar-refractivity contribution in [3.8, 4) is 5.75 Å². The number of phenolic OH excluding ortho intramolecular Hbond substituents is 1. The summed E-state index contributed by atoms with van der Waals surface area (Å²) in [4.78, 5) is 16.4. The maximum Gasteiger partial charge on any atom is 0.256 e. The molecule has 0 spiro atoms. The van der Waals surface area contributed by atoms with Crippen molar-refractivity contribution in [3.63, 3.8) is 0 Å². The maximum absolute atomic E-state index is 12.7. The lowest BCUT2D eigenvalue weighted by atomic mass is 10.00. The van der Waals surface area contributed by atoms with E-state index in [1.54, 1.807) is 17.4 Å². The van der Waals surface area contributed by atoms with Crippen LogP contribution in [0.2, 0.25) is 0 Å². The molecule has 2 aliphatic heterocycles. The third-order valence-electron chi connectivity index (χ3n) is 4.86. The lowest BCUT2D eigenvalue weighted by Gasteiger charge is -2.28. The molecule has 0 radical (unpaired) electrons. The maximum atomic E-state index is 12.7. The van der Waals surface area contributed by atoms with Gasteiger partial charge >= 0.3 is 0 Å². The van der Waals surface area contributed by atoms with Crippen molar-refractivity contribution in [3.05, 3.63) is 45.3 Å². The van der Waals surface area contributed by atoms with Gasteiger partial charge in [-0.25, -0.2) is 0 Å². The summed E-state index contributed by atoms with van der Waals surface area (Å²) in [6, 6.07) is 5.52. The normalized spacial score (nSPS) is 20.1. The van der Waals surface area contributed by atoms with Crippen LogP contribution in [-0.4, -0.2) is 29.0 Å². The minimum absolute atomic E-state index is 0.0452. The fourth-order valence-corrected chi connectivity index (χ4v) is 4.81. The number of rotatable bonds is 2. The Kier molecular flexibility index (Phi) is 3.73. The summed E-state index contributed by atoms with van der Waals surface area (Å²) in [7, 11) is 0. The third kappa shape index (κ3) is 2.46. The third-order valence-corrected chi connectivity index (χ3v) is 6.01. The molecule has 6 heteroatoms. The number of benzene rings is 1. The highest BCUT2D eigenvalue weighted by atomic mass is 32.1. The van der Waals surface area contributed by atoms with Crippen LogP contribution < -0.4 is 10.6 Å². The van der Waals surface area contributed by atoms with Crippen LogP contribution in [0, 0.1) is 6.92 Å². The lowest BCUT2D eigenvalue weighted by Crippen LogP contribution is -2.38. The molecule has 24 heavy (non-hydrogen) atoms. The number of carbonyl (C=O) groups is 1. The van der Waals surface area contributed by atoms with Gasteiger partial charge < -0.3 is 15.7 Å². The molecule has 0 saturated carbocycles. The van der Waals surface area contributed by atoms with Crippen molar-refractivity contribution in [2.75, 3.05) is 18.4 Å². The van der Waals surface area contributed by atoms with Crippen LogP contribution in [0.25, 0.3) is 0 Å². The van der Waals surface area contributed by atoms with E-state index in [4.69, 9.17) is 0 Å². The molecule has 1 aromatic heterocycles. The number of fused-ring (bicyclic) bond motifs is 3. The summed E-state index contributed by atoms with van der Waals surface area (Å²) in [5, 5.41) is 17.5. The zero-order valence-electron chi connectivity index (χ0n) is 13.8. The molecule has 1 unspecified atom stereocenters. The molecule has 0 saturated heterocycles. The predicted molar refractivity (Wildman–Crippen MR) is 95.6 cm³/mol. The number of aromatic hydroxyl groups is 1. The molecule has 1 atom stereocenters. The molecular formula is C18H21N3O2S. The molecule has 3 heterocycles. The minimum atomic E-state index is -0.395. The highest BCUT2D eigenvalue weighted by molar-refractivity contribution is 7.16. The van der Waals surface area contributed by atoms with Gasteiger partial charge in [-0.1, -0.05) is 19.1 Å². The first kappa shape index (κ1) is 15.5. The van der Waals surface area contributed by atoms with E-state index < -0.39 is 6.17 Å². The van der Waals surface area contributed by atoms with Gasteiger partial charge in [0, 0.05) is 23.5 Å². The van der Waals surface area contributed by atoms with Gasteiger partial charge in [0.05, 0.1) is 5.56 Å². The number of aryl methyl sites for hydroxylation is 1. The number of nitrogens with one attached hydrogen (secondary N) is 2. The number of amides is 1. The predicted octanol–water partition coefficient (Wildman–Crippen LogP) is 2.99. The molecule has 0 aliphatic carbocycles. The zero-order valence-corrected chi connectivity index (χ0v) is 14.7. The highest BCUT2D eigenvalue weighted by Crippen LogP contribution is 2.41. The summed E-state index contributed by atoms with van der Waals surface area (Å²) in [5.41, 5.74) is 3.68. The molecule has 1 aromatic carbocycles. The number of carbonyl (C=O) groups excluding carboxylic acids is 1. The van der Waals surface area contributed by atoms with Gasteiger partial charge in [0.15, 0.2) is 0 Å². The second-order valence-electron chi connectivity index (χ2n) is 6.44. The number of anilines is 1. The molecule has 2 aromatic rings. The van der Waals surface area contributed by atoms with Crippen molar-refractivity contribution < 1.29 is 9.90 Å². The second-order valence-corrected chi connectivity index (χ2v) is 7.54. The average Bonchev–Trinajstić information content (AvgIpc) is 2.92. The SMILES string of the molecule is CCN1CCc2c(sc3c2C(=O)NC(c2ccc(C)cc2O)N3)C1. The van der Waals surface area contributed by atoms with Gasteiger partial charge in [-0.2, -0.15) is 0 Å². The number of hydrogen-bond acceptors (Lipinski definition) is 5. The van der Waals surface area contributed by atoms with E-state index in [-0.39, 0.29) is 11.7 Å². The Morgan fingerprint density at radius 2 is 2.21 bits per heavy atom. The van der Waals surface area contributed by atoms with Gasteiger partial charge in [-0.05, 0) is 37.1 Å². The fourth-order valence-electron chi connectivity index (χ4n) is 3.49. The minimum Gasteiger partial charge on any atom is -0.508 e. The Labute approximate surface area is 145 Å². The van der Waals surface area contributed by atoms with Gasteiger partial charge in [-0.15, -0.1) is 11.3 Å². The Morgan fingerprint density at radius 3 is 2.96 bits per heavy atom. The highest BCUT2D eigenvalue weighted by Gasteiger charge is 2.33. The molecule has 126 valence electrons. The molecule has 2 aliphatic rings. The van der Waals surface area contributed by atoms with Gasteiger partial charge in [0.25, 0.3) is 5.91 Å². The van der Waals surface area contributed by atoms with Crippen LogP contribution in [-0.2, 0) is 13.0 Å². The molecule has 0 bridgehead atoms. The Balaban J connectivity index is 1.68. The number of hydrogen-bond donors (Lipinski definition) is 3. The Morgan fingerprint density at radius 1 is 1.38 bits per heavy atom. The van der Waals surface area contributed by atoms with Crippen molar-refractivity contribution >= 4 is 22.2 Å². The number of likely N-dealkylation sites (N-methyl/N-ethyl adjacent to an activating group) is 1. The van der Waals surface area contributed by atoms with E-state index in [0.29, 0.717) is 5.56 Å². The van der Waals surface area contributed by atoms with Crippen LogP contribution in [0.4, 0.5) is 5.00 Å². The molecule has 0 fully saturated rings. The van der Waals surface area contributed by atoms with E-state index in [0.717, 1.165) is 42.2 Å². The number of nitrogens with zero attached hydrogens (tertiary/aromatic N) is 1. The van der Waals surface area contributed by atoms with Crippen molar-refractivity contribution in [2.24, 2.45) is 0 Å². The van der Waals surface area contributed by atoms with Crippen molar-refractivity contribution in [1.82, 2.24) is 10.2 Å². The molecule has 4 rings (SSSR count). The molecule has 3 N–H and O–H groups in total. The Bertz CT molecular complexity index is 815. The zero-order chi connectivity index (χ0) is 16.8. The molecule has 5 nitrogen and oxygen atoms in total. The number of phenols is 1. The van der Waals surface area contributed by atoms with Crippen LogP contribution >= 0.6 is 11.3 Å². The summed E-state index contributed by atoms with van der Waals surface area (Å²) in [6.45, 7) is 7.05. The van der Waals surface area contributed by atoms with E-state index in [1.165, 1.54) is 10.4 Å². The summed E-state index contributed by atoms with van der Waals surface area (Å²) >= 11 is 1.67. The lowest BCUT2D eigenvalue weighted by molar-refractivity contribution is 0.0934. The van der Waals surface area contributed by atoms with E-state index >= 15 is 0 Å². The van der Waals surface area contributed by atoms with Crippen LogP contribution in [0.1, 0.15) is 45.0 Å². The first-order valence-corrected chi connectivity index (χ1v) is 9.12.